The lowest BCUT2D eigenvalue weighted by molar-refractivity contribution is -0.142. The van der Waals surface area contributed by atoms with E-state index in [1.807, 2.05) is 30.3 Å². The number of nitrogens with one attached hydrogen (secondary N) is 2. The van der Waals surface area contributed by atoms with Gasteiger partial charge in [0.1, 0.15) is 17.4 Å². The van der Waals surface area contributed by atoms with Gasteiger partial charge in [-0.15, -0.1) is 0 Å². The summed E-state index contributed by atoms with van der Waals surface area (Å²) in [4.78, 5) is 37.4. The van der Waals surface area contributed by atoms with E-state index in [2.05, 4.69) is 10.6 Å². The molecule has 182 valence electrons. The second-order valence-corrected chi connectivity index (χ2v) is 8.74. The smallest absolute Gasteiger partial charge is 0.408 e. The minimum Gasteiger partial charge on any atom is -0.508 e. The highest BCUT2D eigenvalue weighted by molar-refractivity contribution is 5.96. The molecule has 0 heterocycles. The Morgan fingerprint density at radius 2 is 1.53 bits per heavy atom. The lowest BCUT2D eigenvalue weighted by Gasteiger charge is -2.22. The van der Waals surface area contributed by atoms with Crippen LogP contribution in [0.25, 0.3) is 0 Å². The molecule has 2 aromatic rings. The molecule has 0 spiro atoms. The van der Waals surface area contributed by atoms with Crippen LogP contribution >= 0.6 is 0 Å². The molecule has 0 saturated carbocycles. The predicted octanol–water partition coefficient (Wildman–Crippen LogP) is 3.28. The van der Waals surface area contributed by atoms with Gasteiger partial charge in [-0.05, 0) is 50.1 Å². The number of hydrogen-bond donors (Lipinski definition) is 3. The molecular weight excluding hydrogens is 436 g/mol. The predicted molar refractivity (Wildman–Crippen MR) is 128 cm³/mol. The third kappa shape index (κ3) is 9.36. The minimum atomic E-state index is -0.857. The Kier molecular flexibility index (Phi) is 9.67. The Hall–Kier alpha value is -3.81. The molecule has 2 aromatic carbocycles. The molecule has 8 heteroatoms. The first-order valence-electron chi connectivity index (χ1n) is 10.9. The number of phenols is 1. The largest absolute Gasteiger partial charge is 0.508 e. The first kappa shape index (κ1) is 26.4. The van der Waals surface area contributed by atoms with E-state index in [0.717, 1.165) is 11.1 Å². The summed E-state index contributed by atoms with van der Waals surface area (Å²) in [6, 6.07) is 14.1. The number of phenolic OH excluding ortho intramolecular Hbond substituents is 1. The van der Waals surface area contributed by atoms with Gasteiger partial charge in [-0.25, -0.2) is 9.59 Å². The van der Waals surface area contributed by atoms with Gasteiger partial charge in [-0.1, -0.05) is 42.5 Å². The number of carbonyl (C=O) groups is 3. The van der Waals surface area contributed by atoms with Gasteiger partial charge in [0, 0.05) is 19.0 Å². The zero-order chi connectivity index (χ0) is 25.1. The number of methoxy groups -OCH3 is 1. The molecule has 0 bridgehead atoms. The van der Waals surface area contributed by atoms with Gasteiger partial charge in [-0.2, -0.15) is 0 Å². The van der Waals surface area contributed by atoms with Gasteiger partial charge in [0.15, 0.2) is 5.78 Å². The summed E-state index contributed by atoms with van der Waals surface area (Å²) in [5, 5.41) is 15.0. The summed E-state index contributed by atoms with van der Waals surface area (Å²) in [5.74, 6) is -0.743. The molecule has 2 atom stereocenters. The average molecular weight is 469 g/mol. The average Bonchev–Trinajstić information content (AvgIpc) is 2.78. The van der Waals surface area contributed by atoms with E-state index < -0.39 is 29.7 Å². The Morgan fingerprint density at radius 1 is 0.941 bits per heavy atom. The molecule has 2 rings (SSSR count). The van der Waals surface area contributed by atoms with Crippen molar-refractivity contribution in [3.8, 4) is 5.75 Å². The molecule has 1 amide bonds. The Bertz CT molecular complexity index is 981. The maximum Gasteiger partial charge on any atom is 0.408 e. The summed E-state index contributed by atoms with van der Waals surface area (Å²) in [6.45, 7) is 5.22. The lowest BCUT2D eigenvalue weighted by atomic mass is 10.0. The standard InChI is InChI=1S/C26H32N2O6/c1-26(2,3)34-25(32)28-21(16-18-8-6-5-7-9-18)23(30)14-15-27-22(24(31)33-4)17-19-10-12-20(29)13-11-19/h5-15,21-22,27,29H,16-17H2,1-4H3,(H,28,32)/b15-14-/t21-,22-/m0/s1. The molecule has 0 radical (unpaired) electrons. The van der Waals surface area contributed by atoms with E-state index in [9.17, 15) is 19.5 Å². The second kappa shape index (κ2) is 12.4. The van der Waals surface area contributed by atoms with Gasteiger partial charge in [0.2, 0.25) is 0 Å². The fraction of sp³-hybridized carbons (Fsp3) is 0.346. The van der Waals surface area contributed by atoms with Gasteiger partial charge < -0.3 is 25.2 Å². The summed E-state index contributed by atoms with van der Waals surface area (Å²) >= 11 is 0. The number of benzene rings is 2. The number of carbonyl (C=O) groups excluding carboxylic acids is 3. The van der Waals surface area contributed by atoms with Crippen LogP contribution in [0.4, 0.5) is 4.79 Å². The van der Waals surface area contributed by atoms with Crippen molar-refractivity contribution in [1.29, 1.82) is 0 Å². The normalized spacial score (nSPS) is 13.1. The van der Waals surface area contributed by atoms with Crippen LogP contribution in [0.15, 0.2) is 66.9 Å². The van der Waals surface area contributed by atoms with E-state index in [0.29, 0.717) is 0 Å². The molecule has 0 aromatic heterocycles. The van der Waals surface area contributed by atoms with Crippen LogP contribution < -0.4 is 10.6 Å². The SMILES string of the molecule is COC(=O)[C@H](Cc1ccc(O)cc1)N/C=C\C(=O)[C@H](Cc1ccccc1)NC(=O)OC(C)(C)C. The van der Waals surface area contributed by atoms with E-state index in [1.54, 1.807) is 32.9 Å². The first-order valence-corrected chi connectivity index (χ1v) is 10.9. The number of amides is 1. The number of aromatic hydroxyl groups is 1. The van der Waals surface area contributed by atoms with Crippen molar-refractivity contribution in [2.45, 2.75) is 51.3 Å². The Labute approximate surface area is 200 Å². The Morgan fingerprint density at radius 3 is 2.12 bits per heavy atom. The summed E-state index contributed by atoms with van der Waals surface area (Å²) in [6.07, 6.45) is 2.52. The maximum absolute atomic E-state index is 12.9. The zero-order valence-electron chi connectivity index (χ0n) is 19.9. The molecule has 0 aliphatic rings. The topological polar surface area (TPSA) is 114 Å². The maximum atomic E-state index is 12.9. The molecule has 0 fully saturated rings. The lowest BCUT2D eigenvalue weighted by Crippen LogP contribution is -2.44. The fourth-order valence-corrected chi connectivity index (χ4v) is 3.11. The van der Waals surface area contributed by atoms with E-state index >= 15 is 0 Å². The van der Waals surface area contributed by atoms with Crippen LogP contribution in [0.1, 0.15) is 31.9 Å². The highest BCUT2D eigenvalue weighted by Crippen LogP contribution is 2.12. The number of rotatable bonds is 10. The molecule has 0 unspecified atom stereocenters. The molecule has 0 aliphatic carbocycles. The van der Waals surface area contributed by atoms with Crippen LogP contribution in [0, 0.1) is 0 Å². The van der Waals surface area contributed by atoms with Gasteiger partial charge >= 0.3 is 12.1 Å². The number of ether oxygens (including phenoxy) is 2. The van der Waals surface area contributed by atoms with E-state index in [1.165, 1.54) is 31.5 Å². The summed E-state index contributed by atoms with van der Waals surface area (Å²) in [5.41, 5.74) is 0.969. The number of hydrogen-bond acceptors (Lipinski definition) is 7. The molecule has 3 N–H and O–H groups in total. The van der Waals surface area contributed by atoms with E-state index in [4.69, 9.17) is 9.47 Å². The first-order chi connectivity index (χ1) is 16.1. The van der Waals surface area contributed by atoms with Crippen LogP contribution in [-0.2, 0) is 31.9 Å². The van der Waals surface area contributed by atoms with Gasteiger partial charge in [0.25, 0.3) is 0 Å². The summed E-state index contributed by atoms with van der Waals surface area (Å²) in [7, 11) is 1.28. The van der Waals surface area contributed by atoms with Crippen LogP contribution in [-0.4, -0.2) is 47.7 Å². The molecule has 0 saturated heterocycles. The van der Waals surface area contributed by atoms with Crippen LogP contribution in [0.5, 0.6) is 5.75 Å². The third-order valence-electron chi connectivity index (χ3n) is 4.72. The summed E-state index contributed by atoms with van der Waals surface area (Å²) < 4.78 is 10.1. The molecular formula is C26H32N2O6. The minimum absolute atomic E-state index is 0.124. The molecule has 34 heavy (non-hydrogen) atoms. The van der Waals surface area contributed by atoms with Crippen LogP contribution in [0.3, 0.4) is 0 Å². The van der Waals surface area contributed by atoms with Crippen molar-refractivity contribution in [2.75, 3.05) is 7.11 Å². The van der Waals surface area contributed by atoms with Crippen molar-refractivity contribution >= 4 is 17.8 Å². The molecule has 8 nitrogen and oxygen atoms in total. The Balaban J connectivity index is 2.10. The van der Waals surface area contributed by atoms with Crippen molar-refractivity contribution in [2.24, 2.45) is 0 Å². The highest BCUT2D eigenvalue weighted by atomic mass is 16.6. The quantitative estimate of drug-likeness (QED) is 0.362. The van der Waals surface area contributed by atoms with Crippen molar-refractivity contribution in [1.82, 2.24) is 10.6 Å². The van der Waals surface area contributed by atoms with Crippen molar-refractivity contribution in [3.63, 3.8) is 0 Å². The number of esters is 1. The van der Waals surface area contributed by atoms with E-state index in [-0.39, 0.29) is 24.4 Å². The van der Waals surface area contributed by atoms with Gasteiger partial charge in [0.05, 0.1) is 13.2 Å². The molecule has 0 aliphatic heterocycles. The van der Waals surface area contributed by atoms with Crippen LogP contribution in [0.2, 0.25) is 0 Å². The monoisotopic (exact) mass is 468 g/mol. The number of ketones is 1. The zero-order valence-corrected chi connectivity index (χ0v) is 19.9. The second-order valence-electron chi connectivity index (χ2n) is 8.74. The highest BCUT2D eigenvalue weighted by Gasteiger charge is 2.24. The van der Waals surface area contributed by atoms with Crippen molar-refractivity contribution in [3.05, 3.63) is 78.0 Å². The third-order valence-corrected chi connectivity index (χ3v) is 4.72. The van der Waals surface area contributed by atoms with Gasteiger partial charge in [-0.3, -0.25) is 4.79 Å². The van der Waals surface area contributed by atoms with Crippen molar-refractivity contribution < 1.29 is 29.0 Å². The number of alkyl carbamates (subject to hydrolysis) is 1. The fourth-order valence-electron chi connectivity index (χ4n) is 3.11.